The fourth-order valence-electron chi connectivity index (χ4n) is 3.72. The predicted octanol–water partition coefficient (Wildman–Crippen LogP) is 4.04. The monoisotopic (exact) mass is 605 g/mol. The van der Waals surface area contributed by atoms with Crippen LogP contribution in [0.5, 0.6) is 0 Å². The van der Waals surface area contributed by atoms with Gasteiger partial charge in [0.15, 0.2) is 0 Å². The van der Waals surface area contributed by atoms with E-state index in [2.05, 4.69) is 27.9 Å². The third kappa shape index (κ3) is 6.61. The van der Waals surface area contributed by atoms with E-state index in [-0.39, 0.29) is 17.3 Å². The lowest BCUT2D eigenvalue weighted by atomic mass is 10.1. The second-order valence-corrected chi connectivity index (χ2v) is 11.0. The topological polar surface area (TPSA) is 86.8 Å². The molecule has 3 aromatic carbocycles. The Kier molecular flexibility index (Phi) is 9.27. The fourth-order valence-corrected chi connectivity index (χ4v) is 5.52. The number of sulfonamides is 1. The highest BCUT2D eigenvalue weighted by atomic mass is 127. The summed E-state index contributed by atoms with van der Waals surface area (Å²) in [6, 6.07) is 23.5. The van der Waals surface area contributed by atoms with Gasteiger partial charge in [-0.05, 0) is 71.0 Å². The number of hydrogen-bond donors (Lipinski definition) is 1. The van der Waals surface area contributed by atoms with Gasteiger partial charge < -0.3 is 10.2 Å². The number of amides is 2. The van der Waals surface area contributed by atoms with Gasteiger partial charge in [0.05, 0.1) is 10.6 Å². The van der Waals surface area contributed by atoms with Crippen LogP contribution in [0.25, 0.3) is 0 Å². The number of hydrogen-bond acceptors (Lipinski definition) is 4. The minimum Gasteiger partial charge on any atom is -0.357 e. The van der Waals surface area contributed by atoms with E-state index >= 15 is 0 Å². The molecule has 7 nitrogen and oxygen atoms in total. The minimum atomic E-state index is -4.04. The van der Waals surface area contributed by atoms with E-state index < -0.39 is 28.5 Å². The fraction of sp³-hybridized carbons (Fsp3) is 0.231. The zero-order valence-corrected chi connectivity index (χ0v) is 22.6. The maximum Gasteiger partial charge on any atom is 0.264 e. The third-order valence-electron chi connectivity index (χ3n) is 5.55. The molecule has 0 saturated heterocycles. The van der Waals surface area contributed by atoms with Crippen molar-refractivity contribution < 1.29 is 18.0 Å². The highest BCUT2D eigenvalue weighted by Crippen LogP contribution is 2.25. The summed E-state index contributed by atoms with van der Waals surface area (Å²) in [5, 5.41) is 2.62. The summed E-state index contributed by atoms with van der Waals surface area (Å²) in [5.41, 5.74) is 1.21. The third-order valence-corrected chi connectivity index (χ3v) is 8.06. The van der Waals surface area contributed by atoms with Gasteiger partial charge in [0, 0.05) is 17.2 Å². The average Bonchev–Trinajstić information content (AvgIpc) is 2.88. The molecule has 9 heteroatoms. The molecule has 3 rings (SSSR count). The van der Waals surface area contributed by atoms with Gasteiger partial charge in [0.2, 0.25) is 11.8 Å². The number of carbonyl (C=O) groups excluding carboxylic acids is 2. The van der Waals surface area contributed by atoms with E-state index in [0.29, 0.717) is 12.1 Å². The van der Waals surface area contributed by atoms with Crippen molar-refractivity contribution >= 4 is 50.1 Å². The lowest BCUT2D eigenvalue weighted by Gasteiger charge is -2.33. The van der Waals surface area contributed by atoms with Crippen molar-refractivity contribution in [3.05, 3.63) is 94.1 Å². The predicted molar refractivity (Wildman–Crippen MR) is 145 cm³/mol. The molecule has 0 heterocycles. The molecule has 2 amide bonds. The maximum atomic E-state index is 13.7. The summed E-state index contributed by atoms with van der Waals surface area (Å²) in [6.07, 6.45) is 0.382. The van der Waals surface area contributed by atoms with Crippen LogP contribution in [0, 0.1) is 3.57 Å². The number of rotatable bonds is 10. The molecule has 0 saturated carbocycles. The molecule has 0 aromatic heterocycles. The van der Waals surface area contributed by atoms with Gasteiger partial charge in [-0.3, -0.25) is 13.9 Å². The lowest BCUT2D eigenvalue weighted by molar-refractivity contribution is -0.140. The molecule has 184 valence electrons. The molecule has 1 atom stereocenters. The summed E-state index contributed by atoms with van der Waals surface area (Å²) in [4.78, 5) is 27.9. The number of likely N-dealkylation sites (N-methyl/N-ethyl adjacent to an activating group) is 1. The van der Waals surface area contributed by atoms with E-state index in [1.54, 1.807) is 42.5 Å². The van der Waals surface area contributed by atoms with Crippen LogP contribution in [0.2, 0.25) is 0 Å². The Morgan fingerprint density at radius 2 is 1.49 bits per heavy atom. The largest absolute Gasteiger partial charge is 0.357 e. The summed E-state index contributed by atoms with van der Waals surface area (Å²) in [6.45, 7) is 1.55. The summed E-state index contributed by atoms with van der Waals surface area (Å²) < 4.78 is 29.3. The number of benzene rings is 3. The van der Waals surface area contributed by atoms with Crippen LogP contribution >= 0.6 is 22.6 Å². The lowest BCUT2D eigenvalue weighted by Crippen LogP contribution is -2.51. The van der Waals surface area contributed by atoms with Gasteiger partial charge in [0.1, 0.15) is 12.6 Å². The Morgan fingerprint density at radius 1 is 0.914 bits per heavy atom. The highest BCUT2D eigenvalue weighted by molar-refractivity contribution is 14.1. The van der Waals surface area contributed by atoms with E-state index in [1.165, 1.54) is 24.1 Å². The van der Waals surface area contributed by atoms with Crippen LogP contribution < -0.4 is 9.62 Å². The van der Waals surface area contributed by atoms with Crippen molar-refractivity contribution in [3.63, 3.8) is 0 Å². The average molecular weight is 605 g/mol. The van der Waals surface area contributed by atoms with Crippen molar-refractivity contribution in [1.29, 1.82) is 0 Å². The van der Waals surface area contributed by atoms with Crippen molar-refractivity contribution in [2.24, 2.45) is 0 Å². The maximum absolute atomic E-state index is 13.7. The van der Waals surface area contributed by atoms with E-state index in [1.807, 2.05) is 37.3 Å². The first-order chi connectivity index (χ1) is 16.8. The van der Waals surface area contributed by atoms with Gasteiger partial charge in [-0.1, -0.05) is 55.5 Å². The van der Waals surface area contributed by atoms with Crippen LogP contribution in [0.3, 0.4) is 0 Å². The number of nitrogens with zero attached hydrogens (tertiary/aromatic N) is 2. The summed E-state index contributed by atoms with van der Waals surface area (Å²) in [7, 11) is -2.52. The highest BCUT2D eigenvalue weighted by Gasteiger charge is 2.33. The molecule has 0 unspecified atom stereocenters. The molecule has 0 aliphatic carbocycles. The number of halogens is 1. The molecule has 0 aliphatic rings. The Hall–Kier alpha value is -2.92. The number of nitrogens with one attached hydrogen (secondary N) is 1. The first kappa shape index (κ1) is 26.7. The quantitative estimate of drug-likeness (QED) is 0.354. The minimum absolute atomic E-state index is 0.0827. The number of anilines is 1. The summed E-state index contributed by atoms with van der Waals surface area (Å²) in [5.74, 6) is -0.772. The molecular weight excluding hydrogens is 577 g/mol. The van der Waals surface area contributed by atoms with E-state index in [0.717, 1.165) is 13.4 Å². The zero-order chi connectivity index (χ0) is 25.4. The van der Waals surface area contributed by atoms with Crippen molar-refractivity contribution in [3.8, 4) is 0 Å². The molecule has 1 N–H and O–H groups in total. The number of carbonyl (C=O) groups is 2. The zero-order valence-electron chi connectivity index (χ0n) is 19.6. The second-order valence-electron chi connectivity index (χ2n) is 7.85. The van der Waals surface area contributed by atoms with Gasteiger partial charge >= 0.3 is 0 Å². The van der Waals surface area contributed by atoms with Gasteiger partial charge in [-0.15, -0.1) is 0 Å². The molecule has 35 heavy (non-hydrogen) atoms. The summed E-state index contributed by atoms with van der Waals surface area (Å²) >= 11 is 2.14. The molecule has 0 aliphatic heterocycles. The Labute approximate surface area is 220 Å². The Balaban J connectivity index is 2.03. The van der Waals surface area contributed by atoms with E-state index in [9.17, 15) is 18.0 Å². The first-order valence-electron chi connectivity index (χ1n) is 11.2. The van der Waals surface area contributed by atoms with Crippen LogP contribution in [0.4, 0.5) is 5.69 Å². The van der Waals surface area contributed by atoms with Crippen molar-refractivity contribution in [2.45, 2.75) is 30.8 Å². The van der Waals surface area contributed by atoms with Gasteiger partial charge in [-0.25, -0.2) is 8.42 Å². The van der Waals surface area contributed by atoms with Gasteiger partial charge in [-0.2, -0.15) is 0 Å². The van der Waals surface area contributed by atoms with Crippen molar-refractivity contribution in [1.82, 2.24) is 10.2 Å². The molecule has 0 fully saturated rings. The molecule has 3 aromatic rings. The van der Waals surface area contributed by atoms with Crippen LogP contribution in [-0.2, 0) is 26.2 Å². The molecular formula is C26H28IN3O4S. The molecule has 0 radical (unpaired) electrons. The molecule has 0 bridgehead atoms. The Bertz CT molecular complexity index is 1240. The normalized spacial score (nSPS) is 12.0. The molecule has 0 spiro atoms. The van der Waals surface area contributed by atoms with Crippen LogP contribution in [0.15, 0.2) is 89.8 Å². The van der Waals surface area contributed by atoms with Crippen molar-refractivity contribution in [2.75, 3.05) is 17.9 Å². The van der Waals surface area contributed by atoms with Crippen LogP contribution in [0.1, 0.15) is 18.9 Å². The van der Waals surface area contributed by atoms with Crippen LogP contribution in [-0.4, -0.2) is 44.8 Å². The SMILES string of the molecule is CC[C@H](C(=O)NC)N(Cc1ccccc1)C(=O)CN(c1ccc(I)cc1)S(=O)(=O)c1ccccc1. The smallest absolute Gasteiger partial charge is 0.264 e. The Morgan fingerprint density at radius 3 is 2.03 bits per heavy atom. The second kappa shape index (κ2) is 12.2. The van der Waals surface area contributed by atoms with E-state index in [4.69, 9.17) is 0 Å². The van der Waals surface area contributed by atoms with Gasteiger partial charge in [0.25, 0.3) is 10.0 Å². The standard InChI is InChI=1S/C26H28IN3O4S/c1-3-24(26(32)28-2)29(18-20-10-6-4-7-11-20)25(31)19-30(22-16-14-21(27)15-17-22)35(33,34)23-12-8-5-9-13-23/h4-17,24H,3,18-19H2,1-2H3,(H,28,32)/t24-/m1/s1. The first-order valence-corrected chi connectivity index (χ1v) is 13.7.